The number of aliphatic hydroxyl groups excluding tert-OH is 1. The molecule has 18 heavy (non-hydrogen) atoms. The van der Waals surface area contributed by atoms with Gasteiger partial charge in [0.25, 0.3) is 0 Å². The molecule has 0 radical (unpaired) electrons. The molecule has 0 saturated heterocycles. The number of aromatic amines is 1. The maximum Gasteiger partial charge on any atom is 0.195 e. The fraction of sp³-hybridized carbons (Fsp3) is 0.333. The van der Waals surface area contributed by atoms with Gasteiger partial charge < -0.3 is 14.4 Å². The van der Waals surface area contributed by atoms with Crippen LogP contribution in [-0.4, -0.2) is 27.0 Å². The van der Waals surface area contributed by atoms with Crippen molar-refractivity contribution >= 4 is 12.2 Å². The van der Waals surface area contributed by atoms with Gasteiger partial charge in [-0.2, -0.15) is 5.10 Å². The van der Waals surface area contributed by atoms with Gasteiger partial charge in [-0.3, -0.25) is 5.10 Å². The zero-order valence-corrected chi connectivity index (χ0v) is 10.9. The molecule has 2 rings (SSSR count). The number of methoxy groups -OCH3 is 1. The molecule has 0 aliphatic heterocycles. The fourth-order valence-electron chi connectivity index (χ4n) is 1.73. The second kappa shape index (κ2) is 5.79. The molecule has 0 bridgehead atoms. The molecule has 0 unspecified atom stereocenters. The number of hydrogen-bond acceptors (Lipinski definition) is 4. The lowest BCUT2D eigenvalue weighted by molar-refractivity contribution is 0.264. The molecule has 1 aromatic heterocycles. The summed E-state index contributed by atoms with van der Waals surface area (Å²) in [5, 5.41) is 15.8. The maximum absolute atomic E-state index is 9.13. The summed E-state index contributed by atoms with van der Waals surface area (Å²) < 4.78 is 7.45. The molecule has 0 aliphatic carbocycles. The molecule has 0 atom stereocenters. The van der Waals surface area contributed by atoms with E-state index in [1.807, 2.05) is 24.3 Å². The van der Waals surface area contributed by atoms with Crippen LogP contribution in [0.25, 0.3) is 0 Å². The molecule has 96 valence electrons. The van der Waals surface area contributed by atoms with E-state index in [2.05, 4.69) is 10.2 Å². The van der Waals surface area contributed by atoms with Crippen LogP contribution in [0.3, 0.4) is 0 Å². The van der Waals surface area contributed by atoms with Gasteiger partial charge in [0, 0.05) is 6.54 Å². The van der Waals surface area contributed by atoms with E-state index in [0.29, 0.717) is 17.1 Å². The minimum absolute atomic E-state index is 0.115. The summed E-state index contributed by atoms with van der Waals surface area (Å²) in [6.07, 6.45) is 0.824. The summed E-state index contributed by atoms with van der Waals surface area (Å²) in [4.78, 5) is 0. The molecule has 0 fully saturated rings. The average molecular weight is 265 g/mol. The first kappa shape index (κ1) is 12.8. The summed E-state index contributed by atoms with van der Waals surface area (Å²) in [6.45, 7) is 0.577. The molecular formula is C12H15N3O2S. The van der Waals surface area contributed by atoms with Gasteiger partial charge in [-0.15, -0.1) is 0 Å². The van der Waals surface area contributed by atoms with Gasteiger partial charge in [0.1, 0.15) is 12.4 Å². The quantitative estimate of drug-likeness (QED) is 0.807. The highest BCUT2D eigenvalue weighted by Gasteiger charge is 2.04. The monoisotopic (exact) mass is 265 g/mol. The van der Waals surface area contributed by atoms with Gasteiger partial charge in [-0.25, -0.2) is 0 Å². The Labute approximate surface area is 110 Å². The van der Waals surface area contributed by atoms with Crippen LogP contribution < -0.4 is 4.74 Å². The van der Waals surface area contributed by atoms with Gasteiger partial charge >= 0.3 is 0 Å². The van der Waals surface area contributed by atoms with Crippen molar-refractivity contribution < 1.29 is 9.84 Å². The average Bonchev–Trinajstić information content (AvgIpc) is 2.77. The number of ether oxygens (including phenoxy) is 1. The number of aliphatic hydroxyl groups is 1. The Balaban J connectivity index is 2.06. The number of rotatable bonds is 5. The predicted octanol–water partition coefficient (Wildman–Crippen LogP) is 1.68. The van der Waals surface area contributed by atoms with Crippen LogP contribution in [0.15, 0.2) is 24.3 Å². The standard InChI is InChI=1S/C12H15N3O2S/c1-17-10-4-2-9(3-5-10)6-7-15-11(8-16)13-14-12(15)18/h2-5,16H,6-8H2,1H3,(H,14,18). The second-order valence-corrected chi connectivity index (χ2v) is 4.24. The summed E-state index contributed by atoms with van der Waals surface area (Å²) >= 11 is 5.11. The van der Waals surface area contributed by atoms with E-state index >= 15 is 0 Å². The van der Waals surface area contributed by atoms with Crippen LogP contribution in [0.5, 0.6) is 5.75 Å². The smallest absolute Gasteiger partial charge is 0.195 e. The van der Waals surface area contributed by atoms with Crippen LogP contribution in [-0.2, 0) is 19.6 Å². The first-order valence-electron chi connectivity index (χ1n) is 5.62. The topological polar surface area (TPSA) is 63.1 Å². The minimum Gasteiger partial charge on any atom is -0.497 e. The van der Waals surface area contributed by atoms with Gasteiger partial charge in [0.15, 0.2) is 10.6 Å². The van der Waals surface area contributed by atoms with Crippen molar-refractivity contribution in [3.8, 4) is 5.75 Å². The lowest BCUT2D eigenvalue weighted by atomic mass is 10.1. The Kier molecular flexibility index (Phi) is 4.11. The molecule has 0 spiro atoms. The normalized spacial score (nSPS) is 10.6. The Morgan fingerprint density at radius 2 is 2.11 bits per heavy atom. The van der Waals surface area contributed by atoms with Crippen LogP contribution in [0, 0.1) is 4.77 Å². The molecule has 0 amide bonds. The zero-order valence-electron chi connectivity index (χ0n) is 10.1. The van der Waals surface area contributed by atoms with Crippen LogP contribution in [0.4, 0.5) is 0 Å². The Hall–Kier alpha value is -1.66. The molecule has 0 saturated carbocycles. The molecular weight excluding hydrogens is 250 g/mol. The number of nitrogens with zero attached hydrogens (tertiary/aromatic N) is 2. The van der Waals surface area contributed by atoms with Gasteiger partial charge in [0.2, 0.25) is 0 Å². The molecule has 2 aromatic rings. The van der Waals surface area contributed by atoms with E-state index < -0.39 is 0 Å². The van der Waals surface area contributed by atoms with Crippen molar-refractivity contribution in [2.75, 3.05) is 7.11 Å². The lowest BCUT2D eigenvalue weighted by Gasteiger charge is -2.06. The summed E-state index contributed by atoms with van der Waals surface area (Å²) in [5.74, 6) is 1.41. The predicted molar refractivity (Wildman–Crippen MR) is 70.0 cm³/mol. The van der Waals surface area contributed by atoms with Crippen molar-refractivity contribution in [3.05, 3.63) is 40.4 Å². The number of nitrogens with one attached hydrogen (secondary N) is 1. The van der Waals surface area contributed by atoms with Crippen molar-refractivity contribution in [1.82, 2.24) is 14.8 Å². The highest BCUT2D eigenvalue weighted by atomic mass is 32.1. The Bertz CT molecular complexity index is 559. The zero-order chi connectivity index (χ0) is 13.0. The van der Waals surface area contributed by atoms with E-state index in [1.165, 1.54) is 5.56 Å². The summed E-state index contributed by atoms with van der Waals surface area (Å²) in [6, 6.07) is 7.89. The van der Waals surface area contributed by atoms with E-state index in [0.717, 1.165) is 12.2 Å². The third-order valence-electron chi connectivity index (χ3n) is 2.76. The number of benzene rings is 1. The highest BCUT2D eigenvalue weighted by molar-refractivity contribution is 7.71. The van der Waals surface area contributed by atoms with E-state index in [1.54, 1.807) is 11.7 Å². The van der Waals surface area contributed by atoms with E-state index in [-0.39, 0.29) is 6.61 Å². The van der Waals surface area contributed by atoms with Crippen LogP contribution >= 0.6 is 12.2 Å². The lowest BCUT2D eigenvalue weighted by Crippen LogP contribution is -2.06. The molecule has 1 heterocycles. The Morgan fingerprint density at radius 1 is 1.39 bits per heavy atom. The van der Waals surface area contributed by atoms with Gasteiger partial charge in [-0.05, 0) is 36.3 Å². The molecule has 1 aromatic carbocycles. The first-order valence-corrected chi connectivity index (χ1v) is 6.03. The van der Waals surface area contributed by atoms with Gasteiger partial charge in [-0.1, -0.05) is 12.1 Å². The Morgan fingerprint density at radius 3 is 2.72 bits per heavy atom. The van der Waals surface area contributed by atoms with E-state index in [4.69, 9.17) is 22.1 Å². The van der Waals surface area contributed by atoms with Crippen molar-refractivity contribution in [3.63, 3.8) is 0 Å². The van der Waals surface area contributed by atoms with Crippen LogP contribution in [0.2, 0.25) is 0 Å². The maximum atomic E-state index is 9.13. The third kappa shape index (κ3) is 2.77. The van der Waals surface area contributed by atoms with Crippen molar-refractivity contribution in [1.29, 1.82) is 0 Å². The van der Waals surface area contributed by atoms with Gasteiger partial charge in [0.05, 0.1) is 7.11 Å². The number of H-pyrrole nitrogens is 1. The fourth-order valence-corrected chi connectivity index (χ4v) is 1.98. The van der Waals surface area contributed by atoms with Crippen LogP contribution in [0.1, 0.15) is 11.4 Å². The number of hydrogen-bond donors (Lipinski definition) is 2. The number of aryl methyl sites for hydroxylation is 1. The second-order valence-electron chi connectivity index (χ2n) is 3.85. The number of aromatic nitrogens is 3. The molecule has 6 heteroatoms. The van der Waals surface area contributed by atoms with Crippen molar-refractivity contribution in [2.24, 2.45) is 0 Å². The molecule has 0 aliphatic rings. The SMILES string of the molecule is COc1ccc(CCn2c(CO)n[nH]c2=S)cc1. The minimum atomic E-state index is -0.115. The summed E-state index contributed by atoms with van der Waals surface area (Å²) in [7, 11) is 1.65. The molecule has 5 nitrogen and oxygen atoms in total. The largest absolute Gasteiger partial charge is 0.497 e. The first-order chi connectivity index (χ1) is 8.74. The molecule has 2 N–H and O–H groups in total. The van der Waals surface area contributed by atoms with E-state index in [9.17, 15) is 0 Å². The third-order valence-corrected chi connectivity index (χ3v) is 3.07. The highest BCUT2D eigenvalue weighted by Crippen LogP contribution is 2.12. The van der Waals surface area contributed by atoms with Crippen molar-refractivity contribution in [2.45, 2.75) is 19.6 Å². The summed E-state index contributed by atoms with van der Waals surface area (Å²) in [5.41, 5.74) is 1.18.